The van der Waals surface area contributed by atoms with Crippen LogP contribution in [0.15, 0.2) is 48.5 Å². The lowest BCUT2D eigenvalue weighted by Crippen LogP contribution is -2.35. The van der Waals surface area contributed by atoms with Crippen LogP contribution in [-0.4, -0.2) is 18.2 Å². The second-order valence-electron chi connectivity index (χ2n) is 6.95. The highest BCUT2D eigenvalue weighted by Crippen LogP contribution is 2.32. The zero-order valence-corrected chi connectivity index (χ0v) is 14.4. The molecule has 0 bridgehead atoms. The molecule has 1 heterocycles. The van der Waals surface area contributed by atoms with Crippen molar-refractivity contribution in [3.8, 4) is 5.75 Å². The molecule has 4 heteroatoms. The van der Waals surface area contributed by atoms with Gasteiger partial charge in [0.25, 0.3) is 0 Å². The summed E-state index contributed by atoms with van der Waals surface area (Å²) in [5.74, 6) is 0.823. The summed E-state index contributed by atoms with van der Waals surface area (Å²) in [4.78, 5) is 14.0. The topological polar surface area (TPSA) is 38.8 Å². The number of carbonyl (C=O) groups is 1. The van der Waals surface area contributed by atoms with Gasteiger partial charge in [0.15, 0.2) is 0 Å². The number of benzene rings is 2. The summed E-state index contributed by atoms with van der Waals surface area (Å²) in [6.45, 7) is 6.81. The minimum absolute atomic E-state index is 0.292. The second kappa shape index (κ2) is 6.56. The molecular formula is C20H23NO3. The molecule has 0 saturated heterocycles. The third-order valence-corrected chi connectivity index (χ3v) is 3.81. The maximum absolute atomic E-state index is 12.3. The summed E-state index contributed by atoms with van der Waals surface area (Å²) >= 11 is 0. The number of nitrogens with zero attached hydrogens (tertiary/aromatic N) is 1. The summed E-state index contributed by atoms with van der Waals surface area (Å²) < 4.78 is 11.3. The van der Waals surface area contributed by atoms with E-state index in [-0.39, 0.29) is 6.09 Å². The Labute approximate surface area is 143 Å². The lowest BCUT2D eigenvalue weighted by Gasteiger charge is -2.24. The number of hydrogen-bond acceptors (Lipinski definition) is 3. The van der Waals surface area contributed by atoms with E-state index in [1.54, 1.807) is 4.90 Å². The maximum Gasteiger partial charge on any atom is 0.414 e. The summed E-state index contributed by atoms with van der Waals surface area (Å²) in [7, 11) is 0. The smallest absolute Gasteiger partial charge is 0.414 e. The third kappa shape index (κ3) is 3.88. The van der Waals surface area contributed by atoms with Gasteiger partial charge in [-0.2, -0.15) is 0 Å². The van der Waals surface area contributed by atoms with Gasteiger partial charge in [-0.15, -0.1) is 0 Å². The number of hydrogen-bond donors (Lipinski definition) is 0. The average Bonchev–Trinajstić information content (AvgIpc) is 2.95. The van der Waals surface area contributed by atoms with Crippen molar-refractivity contribution in [1.82, 2.24) is 0 Å². The van der Waals surface area contributed by atoms with Crippen molar-refractivity contribution in [2.75, 3.05) is 11.4 Å². The quantitative estimate of drug-likeness (QED) is 0.830. The van der Waals surface area contributed by atoms with Crippen LogP contribution in [0.2, 0.25) is 0 Å². The van der Waals surface area contributed by atoms with Gasteiger partial charge in [0.2, 0.25) is 0 Å². The van der Waals surface area contributed by atoms with E-state index >= 15 is 0 Å². The normalized spacial score (nSPS) is 13.5. The molecule has 2 aromatic carbocycles. The van der Waals surface area contributed by atoms with Crippen LogP contribution < -0.4 is 9.64 Å². The Hall–Kier alpha value is -2.49. The van der Waals surface area contributed by atoms with Gasteiger partial charge in [-0.3, -0.25) is 4.90 Å². The van der Waals surface area contributed by atoms with Gasteiger partial charge < -0.3 is 9.47 Å². The van der Waals surface area contributed by atoms with Crippen molar-refractivity contribution in [1.29, 1.82) is 0 Å². The standard InChI is InChI=1S/C20H23NO3/c1-20(2,3)24-19(22)21-12-11-16-13-17(9-10-18(16)21)23-14-15-7-5-4-6-8-15/h4-10,13H,11-12,14H2,1-3H3. The van der Waals surface area contributed by atoms with Gasteiger partial charge in [0.1, 0.15) is 18.0 Å². The molecule has 126 valence electrons. The van der Waals surface area contributed by atoms with E-state index < -0.39 is 5.60 Å². The van der Waals surface area contributed by atoms with Crippen molar-refractivity contribution in [3.63, 3.8) is 0 Å². The van der Waals surface area contributed by atoms with Crippen molar-refractivity contribution >= 4 is 11.8 Å². The Morgan fingerprint density at radius 2 is 1.88 bits per heavy atom. The largest absolute Gasteiger partial charge is 0.489 e. The van der Waals surface area contributed by atoms with Crippen molar-refractivity contribution in [2.24, 2.45) is 0 Å². The molecule has 0 aromatic heterocycles. The molecule has 0 radical (unpaired) electrons. The number of fused-ring (bicyclic) bond motifs is 1. The van der Waals surface area contributed by atoms with Crippen LogP contribution in [0.5, 0.6) is 5.75 Å². The Morgan fingerprint density at radius 3 is 2.58 bits per heavy atom. The van der Waals surface area contributed by atoms with E-state index in [1.165, 1.54) is 0 Å². The van der Waals surface area contributed by atoms with Crippen LogP contribution in [0.1, 0.15) is 31.9 Å². The van der Waals surface area contributed by atoms with Crippen LogP contribution in [0.3, 0.4) is 0 Å². The molecule has 0 aliphatic carbocycles. The Balaban J connectivity index is 1.68. The monoisotopic (exact) mass is 325 g/mol. The molecule has 0 spiro atoms. The van der Waals surface area contributed by atoms with Crippen molar-refractivity contribution < 1.29 is 14.3 Å². The number of carbonyl (C=O) groups excluding carboxylic acids is 1. The van der Waals surface area contributed by atoms with Crippen LogP contribution in [0.4, 0.5) is 10.5 Å². The lowest BCUT2D eigenvalue weighted by atomic mass is 10.1. The van der Waals surface area contributed by atoms with E-state index in [0.717, 1.165) is 29.0 Å². The molecule has 4 nitrogen and oxygen atoms in total. The molecule has 0 fully saturated rings. The maximum atomic E-state index is 12.3. The number of anilines is 1. The highest BCUT2D eigenvalue weighted by molar-refractivity contribution is 5.90. The molecule has 1 amide bonds. The van der Waals surface area contributed by atoms with E-state index in [0.29, 0.717) is 13.2 Å². The molecule has 24 heavy (non-hydrogen) atoms. The predicted molar refractivity (Wildman–Crippen MR) is 94.5 cm³/mol. The van der Waals surface area contributed by atoms with E-state index in [1.807, 2.05) is 69.3 Å². The minimum atomic E-state index is -0.488. The molecule has 3 rings (SSSR count). The first-order chi connectivity index (χ1) is 11.4. The minimum Gasteiger partial charge on any atom is -0.489 e. The summed E-state index contributed by atoms with van der Waals surface area (Å²) in [6.07, 6.45) is 0.524. The molecule has 1 aliphatic rings. The summed E-state index contributed by atoms with van der Waals surface area (Å²) in [6, 6.07) is 15.9. The zero-order chi connectivity index (χ0) is 17.2. The van der Waals surface area contributed by atoms with Gasteiger partial charge in [0, 0.05) is 6.54 Å². The first-order valence-corrected chi connectivity index (χ1v) is 8.22. The Bertz CT molecular complexity index is 719. The fraction of sp³-hybridized carbons (Fsp3) is 0.350. The first-order valence-electron chi connectivity index (χ1n) is 8.22. The molecule has 0 N–H and O–H groups in total. The van der Waals surface area contributed by atoms with Crippen LogP contribution in [0, 0.1) is 0 Å². The Kier molecular flexibility index (Phi) is 4.47. The van der Waals surface area contributed by atoms with E-state index in [2.05, 4.69) is 0 Å². The SMILES string of the molecule is CC(C)(C)OC(=O)N1CCc2cc(OCc3ccccc3)ccc21. The number of ether oxygens (including phenoxy) is 2. The zero-order valence-electron chi connectivity index (χ0n) is 14.4. The van der Waals surface area contributed by atoms with E-state index in [4.69, 9.17) is 9.47 Å². The van der Waals surface area contributed by atoms with Crippen LogP contribution >= 0.6 is 0 Å². The molecular weight excluding hydrogens is 302 g/mol. The first kappa shape index (κ1) is 16.4. The lowest BCUT2D eigenvalue weighted by molar-refractivity contribution is 0.0584. The molecule has 1 aliphatic heterocycles. The summed E-state index contributed by atoms with van der Waals surface area (Å²) in [5.41, 5.74) is 2.68. The summed E-state index contributed by atoms with van der Waals surface area (Å²) in [5, 5.41) is 0. The van der Waals surface area contributed by atoms with Crippen molar-refractivity contribution in [2.45, 2.75) is 39.4 Å². The van der Waals surface area contributed by atoms with Crippen LogP contribution in [-0.2, 0) is 17.8 Å². The molecule has 0 atom stereocenters. The Morgan fingerprint density at radius 1 is 1.12 bits per heavy atom. The van der Waals surface area contributed by atoms with Crippen molar-refractivity contribution in [3.05, 3.63) is 59.7 Å². The third-order valence-electron chi connectivity index (χ3n) is 3.81. The van der Waals surface area contributed by atoms with E-state index in [9.17, 15) is 4.79 Å². The fourth-order valence-corrected chi connectivity index (χ4v) is 2.72. The predicted octanol–water partition coefficient (Wildman–Crippen LogP) is 4.56. The van der Waals surface area contributed by atoms with Gasteiger partial charge in [0.05, 0.1) is 5.69 Å². The highest BCUT2D eigenvalue weighted by atomic mass is 16.6. The molecule has 0 unspecified atom stereocenters. The fourth-order valence-electron chi connectivity index (χ4n) is 2.72. The van der Waals surface area contributed by atoms with Gasteiger partial charge in [-0.1, -0.05) is 30.3 Å². The number of amides is 1. The molecule has 2 aromatic rings. The van der Waals surface area contributed by atoms with Gasteiger partial charge >= 0.3 is 6.09 Å². The second-order valence-corrected chi connectivity index (χ2v) is 6.95. The molecule has 0 saturated carbocycles. The van der Waals surface area contributed by atoms with Gasteiger partial charge in [-0.05, 0) is 56.5 Å². The van der Waals surface area contributed by atoms with Crippen LogP contribution in [0.25, 0.3) is 0 Å². The highest BCUT2D eigenvalue weighted by Gasteiger charge is 2.29. The average molecular weight is 325 g/mol. The van der Waals surface area contributed by atoms with Gasteiger partial charge in [-0.25, -0.2) is 4.79 Å². The number of rotatable bonds is 3.